The second-order valence-electron chi connectivity index (χ2n) is 11.6. The van der Waals surface area contributed by atoms with Crippen molar-refractivity contribution in [1.29, 1.82) is 0 Å². The third-order valence-corrected chi connectivity index (χ3v) is 10.2. The second kappa shape index (κ2) is 11.1. The molecule has 0 radical (unpaired) electrons. The molecule has 1 atom stereocenters. The third kappa shape index (κ3) is 5.80. The molecule has 5 nitrogen and oxygen atoms in total. The number of aliphatic imine (C=N–C) groups is 1. The van der Waals surface area contributed by atoms with Gasteiger partial charge in [-0.15, -0.1) is 11.3 Å². The van der Waals surface area contributed by atoms with Gasteiger partial charge >= 0.3 is 0 Å². The number of thiophene rings is 1. The van der Waals surface area contributed by atoms with Gasteiger partial charge in [0.25, 0.3) is 5.91 Å². The number of hydrogen-bond acceptors (Lipinski definition) is 4. The molecule has 1 aromatic carbocycles. The quantitative estimate of drug-likeness (QED) is 0.168. The summed E-state index contributed by atoms with van der Waals surface area (Å²) in [5.74, 6) is 1.25. The van der Waals surface area contributed by atoms with Crippen LogP contribution in [0.15, 0.2) is 52.1 Å². The topological polar surface area (TPSA) is 59.5 Å². The van der Waals surface area contributed by atoms with E-state index in [4.69, 9.17) is 9.41 Å². The van der Waals surface area contributed by atoms with Crippen molar-refractivity contribution in [2.45, 2.75) is 67.3 Å². The zero-order valence-corrected chi connectivity index (χ0v) is 26.5. The maximum atomic E-state index is 13.5. The molecule has 0 saturated heterocycles. The van der Waals surface area contributed by atoms with Crippen molar-refractivity contribution < 1.29 is 9.21 Å². The van der Waals surface area contributed by atoms with Gasteiger partial charge in [-0.1, -0.05) is 26.8 Å². The van der Waals surface area contributed by atoms with Gasteiger partial charge in [-0.25, -0.2) is 4.99 Å². The maximum absolute atomic E-state index is 13.5. The van der Waals surface area contributed by atoms with E-state index < -0.39 is 0 Å². The highest BCUT2D eigenvalue weighted by atomic mass is 127. The van der Waals surface area contributed by atoms with Crippen LogP contribution in [0.4, 0.5) is 5.00 Å². The summed E-state index contributed by atoms with van der Waals surface area (Å²) in [5, 5.41) is 3.86. The molecular formula is C32H36IN3O2S. The van der Waals surface area contributed by atoms with E-state index in [9.17, 15) is 4.79 Å². The van der Waals surface area contributed by atoms with Crippen LogP contribution in [0.5, 0.6) is 0 Å². The molecule has 3 aromatic heterocycles. The van der Waals surface area contributed by atoms with Crippen molar-refractivity contribution >= 4 is 51.1 Å². The van der Waals surface area contributed by atoms with E-state index >= 15 is 0 Å². The van der Waals surface area contributed by atoms with E-state index in [-0.39, 0.29) is 11.3 Å². The SMILES string of the molecule is Cc1ccc(-n2c(C)cc(C=Nc3sc4c(c3C(=O)NCc3ccco3)CC[C@H](C(C)(C)C)C4)c2C)cc1I. The Balaban J connectivity index is 1.49. The van der Waals surface area contributed by atoms with Crippen molar-refractivity contribution in [3.8, 4) is 5.69 Å². The number of halogens is 1. The fourth-order valence-corrected chi connectivity index (χ4v) is 7.24. The lowest BCUT2D eigenvalue weighted by Crippen LogP contribution is -2.28. The minimum absolute atomic E-state index is 0.0787. The van der Waals surface area contributed by atoms with Crippen LogP contribution in [0, 0.1) is 35.7 Å². The molecule has 0 unspecified atom stereocenters. The van der Waals surface area contributed by atoms with Crippen molar-refractivity contribution in [1.82, 2.24) is 9.88 Å². The predicted molar refractivity (Wildman–Crippen MR) is 169 cm³/mol. The normalized spacial score (nSPS) is 15.6. The zero-order chi connectivity index (χ0) is 27.9. The van der Waals surface area contributed by atoms with Crippen LogP contribution in [0.25, 0.3) is 5.69 Å². The van der Waals surface area contributed by atoms with Gasteiger partial charge in [0.1, 0.15) is 10.8 Å². The number of furan rings is 1. The fourth-order valence-electron chi connectivity index (χ4n) is 5.47. The van der Waals surface area contributed by atoms with E-state index in [2.05, 4.69) is 98.3 Å². The van der Waals surface area contributed by atoms with Gasteiger partial charge in [0, 0.05) is 37.3 Å². The zero-order valence-electron chi connectivity index (χ0n) is 23.5. The molecule has 1 aliphatic carbocycles. The predicted octanol–water partition coefficient (Wildman–Crippen LogP) is 8.49. The Bertz CT molecular complexity index is 1540. The molecule has 0 spiro atoms. The molecule has 5 rings (SSSR count). The molecule has 7 heteroatoms. The monoisotopic (exact) mass is 653 g/mol. The number of aryl methyl sites for hydroxylation is 2. The number of benzene rings is 1. The van der Waals surface area contributed by atoms with Crippen LogP contribution in [0.3, 0.4) is 0 Å². The summed E-state index contributed by atoms with van der Waals surface area (Å²) in [6, 6.07) is 12.4. The van der Waals surface area contributed by atoms with Crippen molar-refractivity contribution in [3.05, 3.63) is 90.5 Å². The Morgan fingerprint density at radius 3 is 2.72 bits per heavy atom. The van der Waals surface area contributed by atoms with Crippen LogP contribution in [0.2, 0.25) is 0 Å². The Morgan fingerprint density at radius 1 is 1.23 bits per heavy atom. The third-order valence-electron chi connectivity index (χ3n) is 7.91. The molecule has 1 amide bonds. The van der Waals surface area contributed by atoms with Crippen LogP contribution >= 0.6 is 33.9 Å². The van der Waals surface area contributed by atoms with Crippen molar-refractivity contribution in [2.24, 2.45) is 16.3 Å². The summed E-state index contributed by atoms with van der Waals surface area (Å²) < 4.78 is 8.95. The number of nitrogens with one attached hydrogen (secondary N) is 1. The number of hydrogen-bond donors (Lipinski definition) is 1. The van der Waals surface area contributed by atoms with Crippen LogP contribution in [-0.4, -0.2) is 16.7 Å². The highest BCUT2D eigenvalue weighted by Gasteiger charge is 2.33. The first kappa shape index (κ1) is 27.9. The highest BCUT2D eigenvalue weighted by molar-refractivity contribution is 14.1. The smallest absolute Gasteiger partial charge is 0.255 e. The molecule has 204 valence electrons. The average molecular weight is 654 g/mol. The Labute approximate surface area is 248 Å². The van der Waals surface area contributed by atoms with E-state index in [0.717, 1.165) is 58.2 Å². The molecule has 3 heterocycles. The lowest BCUT2D eigenvalue weighted by Gasteiger charge is -2.33. The van der Waals surface area contributed by atoms with E-state index in [1.54, 1.807) is 17.6 Å². The molecule has 0 fully saturated rings. The fraction of sp³-hybridized carbons (Fsp3) is 0.375. The minimum Gasteiger partial charge on any atom is -0.467 e. The molecule has 1 N–H and O–H groups in total. The van der Waals surface area contributed by atoms with E-state index in [1.807, 2.05) is 18.3 Å². The summed E-state index contributed by atoms with van der Waals surface area (Å²) in [6.07, 6.45) is 6.56. The standard InChI is InChI=1S/C32H36IN3O2S/c1-19-9-11-24(16-27(19)33)36-20(2)14-22(21(36)3)17-35-31-29(30(37)34-18-25-8-7-13-38-25)26-12-10-23(32(4,5)6)15-28(26)39-31/h7-9,11,13-14,16-17,23H,10,12,15,18H2,1-6H3,(H,34,37)/t23-/m0/s1. The van der Waals surface area contributed by atoms with Gasteiger partial charge in [0.15, 0.2) is 0 Å². The summed E-state index contributed by atoms with van der Waals surface area (Å²) in [5.41, 5.74) is 7.91. The first-order valence-corrected chi connectivity index (χ1v) is 15.4. The minimum atomic E-state index is -0.0787. The number of amides is 1. The van der Waals surface area contributed by atoms with Crippen LogP contribution in [-0.2, 0) is 19.4 Å². The number of nitrogens with zero attached hydrogens (tertiary/aromatic N) is 2. The summed E-state index contributed by atoms with van der Waals surface area (Å²) >= 11 is 4.07. The van der Waals surface area contributed by atoms with E-state index in [0.29, 0.717) is 12.5 Å². The Kier molecular flexibility index (Phi) is 7.93. The Hall–Kier alpha value is -2.65. The molecule has 0 bridgehead atoms. The Morgan fingerprint density at radius 2 is 2.03 bits per heavy atom. The largest absolute Gasteiger partial charge is 0.467 e. The molecule has 4 aromatic rings. The molecule has 0 saturated carbocycles. The van der Waals surface area contributed by atoms with Gasteiger partial charge in [0.05, 0.1) is 18.4 Å². The van der Waals surface area contributed by atoms with Crippen molar-refractivity contribution in [2.75, 3.05) is 0 Å². The molecular weight excluding hydrogens is 617 g/mol. The summed E-state index contributed by atoms with van der Waals surface area (Å²) in [6.45, 7) is 13.7. The number of carbonyl (C=O) groups is 1. The summed E-state index contributed by atoms with van der Waals surface area (Å²) in [4.78, 5) is 19.8. The van der Waals surface area contributed by atoms with Gasteiger partial charge in [-0.05, 0) is 115 Å². The highest BCUT2D eigenvalue weighted by Crippen LogP contribution is 2.45. The number of carbonyl (C=O) groups excluding carboxylic acids is 1. The second-order valence-corrected chi connectivity index (χ2v) is 13.9. The van der Waals surface area contributed by atoms with Crippen molar-refractivity contribution in [3.63, 3.8) is 0 Å². The van der Waals surface area contributed by atoms with Crippen LogP contribution < -0.4 is 5.32 Å². The lowest BCUT2D eigenvalue weighted by atomic mass is 9.72. The van der Waals surface area contributed by atoms with Gasteiger partial charge in [-0.2, -0.15) is 0 Å². The first-order valence-electron chi connectivity index (χ1n) is 13.5. The van der Waals surface area contributed by atoms with Crippen LogP contribution in [0.1, 0.15) is 76.3 Å². The molecule has 39 heavy (non-hydrogen) atoms. The van der Waals surface area contributed by atoms with Gasteiger partial charge in [0.2, 0.25) is 0 Å². The number of rotatable bonds is 6. The average Bonchev–Trinajstić information content (AvgIpc) is 3.60. The number of fused-ring (bicyclic) bond motifs is 1. The molecule has 1 aliphatic rings. The first-order chi connectivity index (χ1) is 18.5. The lowest BCUT2D eigenvalue weighted by molar-refractivity contribution is 0.0947. The van der Waals surface area contributed by atoms with Gasteiger partial charge < -0.3 is 14.3 Å². The summed E-state index contributed by atoms with van der Waals surface area (Å²) in [7, 11) is 0. The van der Waals surface area contributed by atoms with E-state index in [1.165, 1.54) is 19.6 Å². The maximum Gasteiger partial charge on any atom is 0.255 e. The molecule has 0 aliphatic heterocycles. The van der Waals surface area contributed by atoms with Gasteiger partial charge in [-0.3, -0.25) is 4.79 Å². The number of aromatic nitrogens is 1.